The number of hydrogen-bond donors (Lipinski definition) is 0. The number of rotatable bonds is 3. The van der Waals surface area contributed by atoms with Crippen LogP contribution in [0, 0.1) is 0 Å². The van der Waals surface area contributed by atoms with Gasteiger partial charge in [0.15, 0.2) is 9.76 Å². The maximum absolute atomic E-state index is 9.41. The van der Waals surface area contributed by atoms with E-state index in [0.29, 0.717) is 0 Å². The summed E-state index contributed by atoms with van der Waals surface area (Å²) in [6, 6.07) is 0. The highest BCUT2D eigenvalue weighted by molar-refractivity contribution is 6.39. The van der Waals surface area contributed by atoms with E-state index in [0.717, 1.165) is 10.5 Å². The number of aliphatic imine (C=N–C) groups is 1. The highest BCUT2D eigenvalue weighted by atomic mass is 28.3. The van der Waals surface area contributed by atoms with E-state index >= 15 is 0 Å². The topological polar surface area (TPSA) is 38.7 Å². The van der Waals surface area contributed by atoms with Gasteiger partial charge in [-0.3, -0.25) is 0 Å². The third kappa shape index (κ3) is 5.51. The molecule has 0 unspecified atom stereocenters. The lowest BCUT2D eigenvalue weighted by Gasteiger charge is -1.81. The van der Waals surface area contributed by atoms with Gasteiger partial charge >= 0.3 is 0 Å². The smallest absolute Gasteiger partial charge is 0.239 e. The summed E-state index contributed by atoms with van der Waals surface area (Å²) < 4.78 is 4.89. The van der Waals surface area contributed by atoms with Gasteiger partial charge in [0.1, 0.15) is 10.5 Å². The van der Waals surface area contributed by atoms with E-state index in [-0.39, 0.29) is 0 Å². The highest BCUT2D eigenvalue weighted by Crippen LogP contribution is 1.68. The molecule has 0 amide bonds. The molecule has 0 N–H and O–H groups in total. The van der Waals surface area contributed by atoms with Crippen LogP contribution in [0.25, 0.3) is 0 Å². The van der Waals surface area contributed by atoms with Crippen LogP contribution in [-0.4, -0.2) is 26.3 Å². The van der Waals surface area contributed by atoms with E-state index in [1.165, 1.54) is 12.3 Å². The van der Waals surface area contributed by atoms with Crippen molar-refractivity contribution >= 4 is 26.3 Å². The van der Waals surface area contributed by atoms with E-state index in [1.54, 1.807) is 5.70 Å². The molecule has 0 radical (unpaired) electrons. The molecule has 0 heterocycles. The van der Waals surface area contributed by atoms with Gasteiger partial charge in [-0.1, -0.05) is 5.70 Å². The Bertz CT molecular complexity index is 118. The van der Waals surface area contributed by atoms with Crippen molar-refractivity contribution in [2.75, 3.05) is 0 Å². The Labute approximate surface area is 52.9 Å². The second kappa shape index (κ2) is 6.51. The molecule has 8 heavy (non-hydrogen) atoms. The summed E-state index contributed by atoms with van der Waals surface area (Å²) in [6.45, 7) is 0. The zero-order chi connectivity index (χ0) is 6.24. The van der Waals surface area contributed by atoms with Crippen molar-refractivity contribution in [1.82, 2.24) is 0 Å². The third-order valence-corrected chi connectivity index (χ3v) is 2.23. The number of carbonyl (C=O) groups excluding carboxylic acids is 1. The van der Waals surface area contributed by atoms with Crippen molar-refractivity contribution in [1.29, 1.82) is 0 Å². The van der Waals surface area contributed by atoms with Crippen LogP contribution in [-0.2, 0) is 8.91 Å². The molecular formula is C3H7NO2Si2. The lowest BCUT2D eigenvalue weighted by Crippen LogP contribution is -1.87. The molecule has 0 aliphatic rings. The van der Waals surface area contributed by atoms with Gasteiger partial charge in [0.2, 0.25) is 6.08 Å². The highest BCUT2D eigenvalue weighted by Gasteiger charge is 1.68. The molecular weight excluding hydrogens is 138 g/mol. The first-order valence-corrected chi connectivity index (χ1v) is 4.33. The minimum absolute atomic E-state index is 0.490. The van der Waals surface area contributed by atoms with Gasteiger partial charge in [-0.2, -0.15) is 4.99 Å². The van der Waals surface area contributed by atoms with Gasteiger partial charge in [-0.25, -0.2) is 4.79 Å². The van der Waals surface area contributed by atoms with Crippen molar-refractivity contribution < 1.29 is 8.91 Å². The summed E-state index contributed by atoms with van der Waals surface area (Å²) in [6.07, 6.45) is 2.82. The first kappa shape index (κ1) is 7.51. The Morgan fingerprint density at radius 1 is 1.88 bits per heavy atom. The maximum atomic E-state index is 9.41. The van der Waals surface area contributed by atoms with Crippen LogP contribution < -0.4 is 0 Å². The standard InChI is InChI=1S/C3H7NO2Si2/c5-3-4-1-2-8-6-7/h1-2H,8H2,7H3. The van der Waals surface area contributed by atoms with Gasteiger partial charge < -0.3 is 4.12 Å². The summed E-state index contributed by atoms with van der Waals surface area (Å²) in [4.78, 5) is 12.6. The fourth-order valence-corrected chi connectivity index (χ4v) is 1.18. The molecule has 3 nitrogen and oxygen atoms in total. The van der Waals surface area contributed by atoms with Gasteiger partial charge in [0.05, 0.1) is 0 Å². The Balaban J connectivity index is 3.20. The van der Waals surface area contributed by atoms with Crippen LogP contribution in [0.15, 0.2) is 16.9 Å². The number of hydrogen-bond acceptors (Lipinski definition) is 3. The molecule has 0 aliphatic carbocycles. The number of isocyanates is 1. The molecule has 0 bridgehead atoms. The Kier molecular flexibility index (Phi) is 6.12. The van der Waals surface area contributed by atoms with Crippen LogP contribution in [0.2, 0.25) is 0 Å². The monoisotopic (exact) mass is 145 g/mol. The van der Waals surface area contributed by atoms with E-state index in [4.69, 9.17) is 4.12 Å². The van der Waals surface area contributed by atoms with E-state index < -0.39 is 9.76 Å². The first-order chi connectivity index (χ1) is 3.91. The van der Waals surface area contributed by atoms with Crippen molar-refractivity contribution in [3.8, 4) is 0 Å². The molecule has 0 saturated heterocycles. The van der Waals surface area contributed by atoms with E-state index in [9.17, 15) is 4.79 Å². The molecule has 0 atom stereocenters. The number of nitrogens with zero attached hydrogens (tertiary/aromatic N) is 1. The van der Waals surface area contributed by atoms with Crippen LogP contribution in [0.3, 0.4) is 0 Å². The van der Waals surface area contributed by atoms with Crippen molar-refractivity contribution in [2.45, 2.75) is 0 Å². The van der Waals surface area contributed by atoms with Gasteiger partial charge in [0, 0.05) is 6.20 Å². The van der Waals surface area contributed by atoms with Crippen LogP contribution in [0.1, 0.15) is 0 Å². The first-order valence-electron chi connectivity index (χ1n) is 2.12. The summed E-state index contributed by atoms with van der Waals surface area (Å²) >= 11 is 0. The zero-order valence-corrected chi connectivity index (χ0v) is 8.04. The van der Waals surface area contributed by atoms with Crippen LogP contribution in [0.5, 0.6) is 0 Å². The fourth-order valence-electron chi connectivity index (χ4n) is 0.222. The zero-order valence-electron chi connectivity index (χ0n) is 4.63. The molecule has 5 heteroatoms. The molecule has 0 aromatic rings. The summed E-state index contributed by atoms with van der Waals surface area (Å²) in [5.41, 5.74) is 1.79. The molecule has 0 saturated carbocycles. The lowest BCUT2D eigenvalue weighted by molar-refractivity contribution is 0.565. The van der Waals surface area contributed by atoms with Gasteiger partial charge in [-0.15, -0.1) is 0 Å². The molecule has 0 spiro atoms. The maximum Gasteiger partial charge on any atom is 0.239 e. The second-order valence-electron chi connectivity index (χ2n) is 1.06. The van der Waals surface area contributed by atoms with Crippen molar-refractivity contribution in [3.63, 3.8) is 0 Å². The molecule has 0 aromatic carbocycles. The summed E-state index contributed by atoms with van der Waals surface area (Å²) in [7, 11) is 0.288. The minimum Gasteiger partial charge on any atom is -0.465 e. The Morgan fingerprint density at radius 2 is 2.62 bits per heavy atom. The summed E-state index contributed by atoms with van der Waals surface area (Å²) in [5, 5.41) is 0. The molecule has 0 aliphatic heterocycles. The Morgan fingerprint density at radius 3 is 3.12 bits per heavy atom. The molecule has 0 rings (SSSR count). The largest absolute Gasteiger partial charge is 0.465 e. The summed E-state index contributed by atoms with van der Waals surface area (Å²) in [5.74, 6) is 0. The predicted molar refractivity (Wildman–Crippen MR) is 36.8 cm³/mol. The van der Waals surface area contributed by atoms with E-state index in [2.05, 4.69) is 4.99 Å². The Hall–Kier alpha value is -0.486. The molecule has 0 fully saturated rings. The van der Waals surface area contributed by atoms with Crippen LogP contribution in [0.4, 0.5) is 0 Å². The van der Waals surface area contributed by atoms with Crippen LogP contribution >= 0.6 is 0 Å². The molecule has 0 aromatic heterocycles. The average Bonchev–Trinajstić information content (AvgIpc) is 1.81. The average molecular weight is 145 g/mol. The molecule has 44 valence electrons. The SMILES string of the molecule is O=C=NC=C[SiH2]O[SiH3]. The van der Waals surface area contributed by atoms with Crippen molar-refractivity contribution in [2.24, 2.45) is 4.99 Å². The van der Waals surface area contributed by atoms with Gasteiger partial charge in [0.25, 0.3) is 0 Å². The lowest BCUT2D eigenvalue weighted by atomic mass is 11.0. The predicted octanol–water partition coefficient (Wildman–Crippen LogP) is -1.83. The van der Waals surface area contributed by atoms with Crippen molar-refractivity contribution in [3.05, 3.63) is 11.9 Å². The van der Waals surface area contributed by atoms with Gasteiger partial charge in [-0.05, 0) is 0 Å². The quantitative estimate of drug-likeness (QED) is 0.266. The third-order valence-electron chi connectivity index (χ3n) is 0.496. The normalized spacial score (nSPS) is 11.0. The minimum atomic E-state index is -0.490. The fraction of sp³-hybridized carbons (Fsp3) is 0. The second-order valence-corrected chi connectivity index (χ2v) is 4.17. The van der Waals surface area contributed by atoms with E-state index in [1.807, 2.05) is 0 Å².